The van der Waals surface area contributed by atoms with E-state index in [-0.39, 0.29) is 11.5 Å². The molecule has 5 heteroatoms. The van der Waals surface area contributed by atoms with Gasteiger partial charge < -0.3 is 10.4 Å². The number of benzene rings is 1. The molecule has 1 aromatic rings. The van der Waals surface area contributed by atoms with Crippen LogP contribution in [0, 0.1) is 16.7 Å². The number of carbonyl (C=O) groups is 2. The maximum Gasteiger partial charge on any atom is 0.335 e. The van der Waals surface area contributed by atoms with E-state index in [1.165, 1.54) is 24.3 Å². The number of carbonyl (C=O) groups excluding carboxylic acids is 1. The molecule has 19 heavy (non-hydrogen) atoms. The summed E-state index contributed by atoms with van der Waals surface area (Å²) in [5.41, 5.74) is -0.253. The van der Waals surface area contributed by atoms with Gasteiger partial charge in [0.05, 0.1) is 11.6 Å². The van der Waals surface area contributed by atoms with E-state index in [0.717, 1.165) is 12.8 Å². The molecule has 1 aromatic carbocycles. The summed E-state index contributed by atoms with van der Waals surface area (Å²) in [6.07, 6.45) is 2.95. The molecule has 1 aliphatic carbocycles. The molecule has 98 valence electrons. The molecular formula is C14H14N2O3. The molecule has 0 bridgehead atoms. The van der Waals surface area contributed by atoms with E-state index >= 15 is 0 Å². The fraction of sp³-hybridized carbons (Fsp3) is 0.357. The summed E-state index contributed by atoms with van der Waals surface area (Å²) in [5.74, 6) is -1.31. The Morgan fingerprint density at radius 3 is 2.26 bits per heavy atom. The highest BCUT2D eigenvalue weighted by Gasteiger charge is 2.41. The van der Waals surface area contributed by atoms with Crippen LogP contribution in [0.3, 0.4) is 0 Å². The highest BCUT2D eigenvalue weighted by atomic mass is 16.4. The molecule has 5 nitrogen and oxygen atoms in total. The van der Waals surface area contributed by atoms with Gasteiger partial charge in [0, 0.05) is 5.69 Å². The second kappa shape index (κ2) is 5.11. The van der Waals surface area contributed by atoms with Crippen LogP contribution >= 0.6 is 0 Å². The number of nitrogens with one attached hydrogen (secondary N) is 1. The number of hydrogen-bond donors (Lipinski definition) is 2. The highest BCUT2D eigenvalue weighted by molar-refractivity contribution is 5.98. The molecule has 0 radical (unpaired) electrons. The average Bonchev–Trinajstić information content (AvgIpc) is 2.89. The predicted molar refractivity (Wildman–Crippen MR) is 68.5 cm³/mol. The highest BCUT2D eigenvalue weighted by Crippen LogP contribution is 2.38. The third-order valence-electron chi connectivity index (χ3n) is 3.50. The fourth-order valence-electron chi connectivity index (χ4n) is 2.32. The summed E-state index contributed by atoms with van der Waals surface area (Å²) in [6.45, 7) is 0. The number of hydrogen-bond acceptors (Lipinski definition) is 3. The molecule has 1 saturated carbocycles. The van der Waals surface area contributed by atoms with Crippen molar-refractivity contribution in [1.82, 2.24) is 0 Å². The second-order valence-electron chi connectivity index (χ2n) is 4.74. The molecule has 2 rings (SSSR count). The van der Waals surface area contributed by atoms with E-state index in [2.05, 4.69) is 11.4 Å². The first-order valence-corrected chi connectivity index (χ1v) is 6.13. The van der Waals surface area contributed by atoms with Gasteiger partial charge in [-0.1, -0.05) is 12.8 Å². The normalized spacial score (nSPS) is 16.6. The smallest absolute Gasteiger partial charge is 0.335 e. The largest absolute Gasteiger partial charge is 0.478 e. The van der Waals surface area contributed by atoms with Crippen LogP contribution < -0.4 is 5.32 Å². The first-order valence-electron chi connectivity index (χ1n) is 6.13. The topological polar surface area (TPSA) is 90.2 Å². The first-order chi connectivity index (χ1) is 9.07. The Labute approximate surface area is 110 Å². The van der Waals surface area contributed by atoms with E-state index in [1.54, 1.807) is 0 Å². The van der Waals surface area contributed by atoms with Gasteiger partial charge in [0.1, 0.15) is 5.41 Å². The zero-order valence-corrected chi connectivity index (χ0v) is 10.3. The van der Waals surface area contributed by atoms with E-state index in [4.69, 9.17) is 5.11 Å². The molecule has 0 heterocycles. The van der Waals surface area contributed by atoms with Crippen molar-refractivity contribution >= 4 is 17.6 Å². The number of aromatic carboxylic acids is 1. The van der Waals surface area contributed by atoms with Gasteiger partial charge >= 0.3 is 5.97 Å². The summed E-state index contributed by atoms with van der Waals surface area (Å²) >= 11 is 0. The van der Waals surface area contributed by atoms with Crippen LogP contribution in [-0.4, -0.2) is 17.0 Å². The van der Waals surface area contributed by atoms with Gasteiger partial charge in [-0.3, -0.25) is 4.79 Å². The van der Waals surface area contributed by atoms with Crippen LogP contribution in [0.25, 0.3) is 0 Å². The fourth-order valence-corrected chi connectivity index (χ4v) is 2.32. The molecule has 1 aliphatic rings. The van der Waals surface area contributed by atoms with Crippen molar-refractivity contribution in [3.05, 3.63) is 29.8 Å². The molecule has 0 aliphatic heterocycles. The van der Waals surface area contributed by atoms with Crippen LogP contribution in [-0.2, 0) is 4.79 Å². The Hall–Kier alpha value is -2.35. The zero-order valence-electron chi connectivity index (χ0n) is 10.3. The van der Waals surface area contributed by atoms with Gasteiger partial charge in [0.25, 0.3) is 0 Å². The molecular weight excluding hydrogens is 244 g/mol. The van der Waals surface area contributed by atoms with Crippen molar-refractivity contribution in [2.75, 3.05) is 5.32 Å². The van der Waals surface area contributed by atoms with E-state index in [0.29, 0.717) is 18.5 Å². The maximum absolute atomic E-state index is 12.1. The van der Waals surface area contributed by atoms with Gasteiger partial charge in [0.15, 0.2) is 0 Å². The van der Waals surface area contributed by atoms with E-state index in [1.807, 2.05) is 0 Å². The van der Waals surface area contributed by atoms with Crippen LogP contribution in [0.5, 0.6) is 0 Å². The maximum atomic E-state index is 12.1. The van der Waals surface area contributed by atoms with Gasteiger partial charge in [-0.25, -0.2) is 4.79 Å². The van der Waals surface area contributed by atoms with Crippen molar-refractivity contribution < 1.29 is 14.7 Å². The number of nitriles is 1. The minimum absolute atomic E-state index is 0.161. The van der Waals surface area contributed by atoms with Crippen molar-refractivity contribution in [2.45, 2.75) is 25.7 Å². The number of carboxylic acid groups (broad SMARTS) is 1. The van der Waals surface area contributed by atoms with Crippen LogP contribution in [0.1, 0.15) is 36.0 Å². The van der Waals surface area contributed by atoms with E-state index < -0.39 is 11.4 Å². The Morgan fingerprint density at radius 2 is 1.79 bits per heavy atom. The Balaban J connectivity index is 2.11. The Kier molecular flexibility index (Phi) is 3.52. The third-order valence-corrected chi connectivity index (χ3v) is 3.50. The summed E-state index contributed by atoms with van der Waals surface area (Å²) in [7, 11) is 0. The van der Waals surface area contributed by atoms with Gasteiger partial charge in [-0.05, 0) is 37.1 Å². The van der Waals surface area contributed by atoms with Crippen LogP contribution in [0.2, 0.25) is 0 Å². The molecule has 0 unspecified atom stereocenters. The van der Waals surface area contributed by atoms with Crippen LogP contribution in [0.4, 0.5) is 5.69 Å². The standard InChI is InChI=1S/C14H14N2O3/c15-9-14(7-1-2-8-14)13(19)16-11-5-3-10(4-6-11)12(17)18/h3-6H,1-2,7-8H2,(H,16,19)(H,17,18). The minimum atomic E-state index is -1.01. The lowest BCUT2D eigenvalue weighted by molar-refractivity contribution is -0.122. The van der Waals surface area contributed by atoms with Gasteiger partial charge in [-0.15, -0.1) is 0 Å². The SMILES string of the molecule is N#CC1(C(=O)Nc2ccc(C(=O)O)cc2)CCCC1. The minimum Gasteiger partial charge on any atom is -0.478 e. The molecule has 0 atom stereocenters. The Morgan fingerprint density at radius 1 is 1.21 bits per heavy atom. The van der Waals surface area contributed by atoms with Crippen molar-refractivity contribution in [3.63, 3.8) is 0 Å². The summed E-state index contributed by atoms with van der Waals surface area (Å²) in [4.78, 5) is 22.8. The number of amides is 1. The average molecular weight is 258 g/mol. The van der Waals surface area contributed by atoms with Gasteiger partial charge in [-0.2, -0.15) is 5.26 Å². The number of rotatable bonds is 3. The van der Waals surface area contributed by atoms with Crippen molar-refractivity contribution in [2.24, 2.45) is 5.41 Å². The lowest BCUT2D eigenvalue weighted by atomic mass is 9.87. The predicted octanol–water partition coefficient (Wildman–Crippen LogP) is 2.41. The van der Waals surface area contributed by atoms with E-state index in [9.17, 15) is 14.9 Å². The molecule has 0 aromatic heterocycles. The number of nitrogens with zero attached hydrogens (tertiary/aromatic N) is 1. The molecule has 0 spiro atoms. The molecule has 2 N–H and O–H groups in total. The Bertz CT molecular complexity index is 537. The van der Waals surface area contributed by atoms with Crippen molar-refractivity contribution in [3.8, 4) is 6.07 Å². The van der Waals surface area contributed by atoms with Gasteiger partial charge in [0.2, 0.25) is 5.91 Å². The first kappa shape index (κ1) is 13.1. The number of anilines is 1. The lowest BCUT2D eigenvalue weighted by Gasteiger charge is -2.19. The zero-order chi connectivity index (χ0) is 13.9. The monoisotopic (exact) mass is 258 g/mol. The lowest BCUT2D eigenvalue weighted by Crippen LogP contribution is -2.32. The molecule has 0 saturated heterocycles. The molecule has 1 fully saturated rings. The van der Waals surface area contributed by atoms with Crippen LogP contribution in [0.15, 0.2) is 24.3 Å². The second-order valence-corrected chi connectivity index (χ2v) is 4.74. The summed E-state index contributed by atoms with van der Waals surface area (Å²) in [6, 6.07) is 8.02. The summed E-state index contributed by atoms with van der Waals surface area (Å²) in [5, 5.41) is 20.7. The number of carboxylic acids is 1. The van der Waals surface area contributed by atoms with Crippen molar-refractivity contribution in [1.29, 1.82) is 5.26 Å². The quantitative estimate of drug-likeness (QED) is 0.871. The summed E-state index contributed by atoms with van der Waals surface area (Å²) < 4.78 is 0. The molecule has 1 amide bonds. The third kappa shape index (κ3) is 2.58.